The normalized spacial score (nSPS) is 24.6. The van der Waals surface area contributed by atoms with E-state index in [2.05, 4.69) is 28.2 Å². The highest BCUT2D eigenvalue weighted by atomic mass is 79.9. The summed E-state index contributed by atoms with van der Waals surface area (Å²) in [6.07, 6.45) is 5.31. The van der Waals surface area contributed by atoms with Gasteiger partial charge in [0.05, 0.1) is 0 Å². The third-order valence-electron chi connectivity index (χ3n) is 3.65. The van der Waals surface area contributed by atoms with Crippen LogP contribution in [0.1, 0.15) is 32.6 Å². The lowest BCUT2D eigenvalue weighted by atomic mass is 9.83. The Balaban J connectivity index is 1.85. The van der Waals surface area contributed by atoms with Gasteiger partial charge in [-0.15, -0.1) is 0 Å². The quantitative estimate of drug-likeness (QED) is 0.843. The molecule has 3 heteroatoms. The summed E-state index contributed by atoms with van der Waals surface area (Å²) in [5.74, 6) is 1.46. The van der Waals surface area contributed by atoms with Crippen molar-refractivity contribution in [2.45, 2.75) is 32.6 Å². The maximum Gasteiger partial charge on any atom is 0.124 e. The van der Waals surface area contributed by atoms with Crippen LogP contribution in [0.2, 0.25) is 0 Å². The Labute approximate surface area is 111 Å². The first-order valence-corrected chi connectivity index (χ1v) is 7.13. The fourth-order valence-corrected chi connectivity index (χ4v) is 2.91. The molecule has 1 saturated carbocycles. The first-order valence-electron chi connectivity index (χ1n) is 6.34. The van der Waals surface area contributed by atoms with Gasteiger partial charge >= 0.3 is 0 Å². The molecule has 1 fully saturated rings. The summed E-state index contributed by atoms with van der Waals surface area (Å²) >= 11 is 3.38. The molecule has 0 unspecified atom stereocenters. The lowest BCUT2D eigenvalue weighted by molar-refractivity contribution is 0.300. The Morgan fingerprint density at radius 1 is 1.29 bits per heavy atom. The number of anilines is 1. The van der Waals surface area contributed by atoms with E-state index in [1.54, 1.807) is 6.07 Å². The van der Waals surface area contributed by atoms with E-state index >= 15 is 0 Å². The third kappa shape index (κ3) is 3.70. The Morgan fingerprint density at radius 2 is 2.00 bits per heavy atom. The van der Waals surface area contributed by atoms with Crippen molar-refractivity contribution >= 4 is 21.6 Å². The van der Waals surface area contributed by atoms with Crippen LogP contribution in [0.5, 0.6) is 0 Å². The Kier molecular flexibility index (Phi) is 4.43. The topological polar surface area (TPSA) is 12.0 Å². The standard InChI is InChI=1S/C14H19BrFN/c1-10-2-4-11(5-3-10)9-17-14-7-6-12(16)8-13(14)15/h6-8,10-11,17H,2-5,9H2,1H3. The van der Waals surface area contributed by atoms with Gasteiger partial charge in [-0.25, -0.2) is 4.39 Å². The van der Waals surface area contributed by atoms with E-state index in [-0.39, 0.29) is 5.82 Å². The molecular formula is C14H19BrFN. The van der Waals surface area contributed by atoms with Gasteiger partial charge in [0.15, 0.2) is 0 Å². The number of hydrogen-bond acceptors (Lipinski definition) is 1. The first-order chi connectivity index (χ1) is 8.15. The van der Waals surface area contributed by atoms with E-state index in [4.69, 9.17) is 0 Å². The van der Waals surface area contributed by atoms with Crippen LogP contribution in [0, 0.1) is 17.7 Å². The Hall–Kier alpha value is -0.570. The van der Waals surface area contributed by atoms with Crippen LogP contribution in [-0.4, -0.2) is 6.54 Å². The third-order valence-corrected chi connectivity index (χ3v) is 4.30. The Morgan fingerprint density at radius 3 is 2.65 bits per heavy atom. The summed E-state index contributed by atoms with van der Waals surface area (Å²) in [5.41, 5.74) is 0.991. The summed E-state index contributed by atoms with van der Waals surface area (Å²) in [4.78, 5) is 0. The van der Waals surface area contributed by atoms with Crippen LogP contribution in [0.3, 0.4) is 0 Å². The number of benzene rings is 1. The smallest absolute Gasteiger partial charge is 0.124 e. The van der Waals surface area contributed by atoms with Gasteiger partial charge in [-0.2, -0.15) is 0 Å². The van der Waals surface area contributed by atoms with Crippen molar-refractivity contribution in [2.75, 3.05) is 11.9 Å². The van der Waals surface area contributed by atoms with Crippen LogP contribution in [-0.2, 0) is 0 Å². The molecule has 0 amide bonds. The van der Waals surface area contributed by atoms with E-state index in [1.165, 1.54) is 37.8 Å². The van der Waals surface area contributed by atoms with Crippen molar-refractivity contribution in [2.24, 2.45) is 11.8 Å². The van der Waals surface area contributed by atoms with Crippen LogP contribution >= 0.6 is 15.9 Å². The van der Waals surface area contributed by atoms with Crippen molar-refractivity contribution in [3.05, 3.63) is 28.5 Å². The number of halogens is 2. The highest BCUT2D eigenvalue weighted by Gasteiger charge is 2.17. The average Bonchev–Trinajstić information content (AvgIpc) is 2.30. The largest absolute Gasteiger partial charge is 0.384 e. The molecule has 0 saturated heterocycles. The summed E-state index contributed by atoms with van der Waals surface area (Å²) in [7, 11) is 0. The zero-order chi connectivity index (χ0) is 12.3. The van der Waals surface area contributed by atoms with Crippen LogP contribution in [0.4, 0.5) is 10.1 Å². The van der Waals surface area contributed by atoms with Gasteiger partial charge in [0.1, 0.15) is 5.82 Å². The van der Waals surface area contributed by atoms with Crippen molar-refractivity contribution in [3.63, 3.8) is 0 Å². The molecule has 0 aromatic heterocycles. The molecule has 94 valence electrons. The maximum absolute atomic E-state index is 12.9. The molecule has 1 aromatic rings. The predicted octanol–water partition coefficient (Wildman–Crippen LogP) is 4.83. The zero-order valence-electron chi connectivity index (χ0n) is 10.2. The van der Waals surface area contributed by atoms with Gasteiger partial charge in [0.2, 0.25) is 0 Å². The predicted molar refractivity (Wildman–Crippen MR) is 73.7 cm³/mol. The van der Waals surface area contributed by atoms with Crippen LogP contribution in [0.25, 0.3) is 0 Å². The minimum absolute atomic E-state index is 0.200. The summed E-state index contributed by atoms with van der Waals surface area (Å²) < 4.78 is 13.7. The van der Waals surface area contributed by atoms with Gasteiger partial charge < -0.3 is 5.32 Å². The van der Waals surface area contributed by atoms with Crippen LogP contribution in [0.15, 0.2) is 22.7 Å². The summed E-state index contributed by atoms with van der Waals surface area (Å²) in [6.45, 7) is 3.33. The van der Waals surface area contributed by atoms with Crippen molar-refractivity contribution in [1.82, 2.24) is 0 Å². The van der Waals surface area contributed by atoms with E-state index in [0.717, 1.165) is 28.5 Å². The second kappa shape index (κ2) is 5.85. The highest BCUT2D eigenvalue weighted by Crippen LogP contribution is 2.29. The fraction of sp³-hybridized carbons (Fsp3) is 0.571. The molecule has 1 aliphatic rings. The molecule has 17 heavy (non-hydrogen) atoms. The molecule has 0 spiro atoms. The van der Waals surface area contributed by atoms with E-state index in [1.807, 2.05) is 0 Å². The minimum Gasteiger partial charge on any atom is -0.384 e. The molecule has 0 bridgehead atoms. The monoisotopic (exact) mass is 299 g/mol. The van der Waals surface area contributed by atoms with E-state index < -0.39 is 0 Å². The Bertz CT molecular complexity index is 372. The molecule has 1 N–H and O–H groups in total. The van der Waals surface area contributed by atoms with Crippen molar-refractivity contribution in [1.29, 1.82) is 0 Å². The maximum atomic E-state index is 12.9. The molecule has 2 rings (SSSR count). The van der Waals surface area contributed by atoms with E-state index in [9.17, 15) is 4.39 Å². The molecule has 0 aliphatic heterocycles. The number of rotatable bonds is 3. The summed E-state index contributed by atoms with van der Waals surface area (Å²) in [5, 5.41) is 3.41. The number of hydrogen-bond donors (Lipinski definition) is 1. The fourth-order valence-electron chi connectivity index (χ4n) is 2.42. The molecule has 0 atom stereocenters. The minimum atomic E-state index is -0.200. The molecule has 1 aromatic carbocycles. The lowest BCUT2D eigenvalue weighted by Crippen LogP contribution is -2.20. The second-order valence-electron chi connectivity index (χ2n) is 5.13. The van der Waals surface area contributed by atoms with Gasteiger partial charge in [-0.3, -0.25) is 0 Å². The van der Waals surface area contributed by atoms with Gasteiger partial charge in [0.25, 0.3) is 0 Å². The van der Waals surface area contributed by atoms with Crippen LogP contribution < -0.4 is 5.32 Å². The molecule has 0 heterocycles. The summed E-state index contributed by atoms with van der Waals surface area (Å²) in [6, 6.07) is 4.80. The zero-order valence-corrected chi connectivity index (χ0v) is 11.8. The van der Waals surface area contributed by atoms with Crippen molar-refractivity contribution < 1.29 is 4.39 Å². The molecular weight excluding hydrogens is 281 g/mol. The van der Waals surface area contributed by atoms with Gasteiger partial charge in [-0.05, 0) is 58.8 Å². The van der Waals surface area contributed by atoms with E-state index in [0.29, 0.717) is 0 Å². The SMILES string of the molecule is CC1CCC(CNc2ccc(F)cc2Br)CC1. The second-order valence-corrected chi connectivity index (χ2v) is 5.99. The van der Waals surface area contributed by atoms with Gasteiger partial charge in [-0.1, -0.05) is 19.8 Å². The molecule has 0 radical (unpaired) electrons. The number of nitrogens with one attached hydrogen (secondary N) is 1. The molecule has 1 nitrogen and oxygen atoms in total. The van der Waals surface area contributed by atoms with Gasteiger partial charge in [0, 0.05) is 16.7 Å². The highest BCUT2D eigenvalue weighted by molar-refractivity contribution is 9.10. The average molecular weight is 300 g/mol. The molecule has 1 aliphatic carbocycles. The lowest BCUT2D eigenvalue weighted by Gasteiger charge is -2.26. The van der Waals surface area contributed by atoms with Crippen molar-refractivity contribution in [3.8, 4) is 0 Å². The first kappa shape index (κ1) is 12.9.